The minimum absolute atomic E-state index is 0.0994. The minimum Gasteiger partial charge on any atom is -0.444 e. The number of nitrogens with one attached hydrogen (secondary N) is 2. The zero-order valence-corrected chi connectivity index (χ0v) is 27.7. The molecule has 4 aromatic rings. The van der Waals surface area contributed by atoms with E-state index in [4.69, 9.17) is 4.74 Å². The third-order valence-corrected chi connectivity index (χ3v) is 9.23. The summed E-state index contributed by atoms with van der Waals surface area (Å²) in [6, 6.07) is 18.8. The highest BCUT2D eigenvalue weighted by atomic mass is 32.1. The highest BCUT2D eigenvalue weighted by Crippen LogP contribution is 2.46. The van der Waals surface area contributed by atoms with Gasteiger partial charge < -0.3 is 20.3 Å². The number of benzene rings is 2. The van der Waals surface area contributed by atoms with Crippen LogP contribution >= 0.6 is 11.3 Å². The molecular weight excluding hydrogens is 616 g/mol. The van der Waals surface area contributed by atoms with Gasteiger partial charge in [-0.2, -0.15) is 0 Å². The number of amides is 5. The number of nitrogens with zero attached hydrogens (tertiary/aromatic N) is 4. The standard InChI is InChI=1S/C35H38N6O5S/c1-5-39(34(45)46-35(2,3)4)21-27(42)40-18-10-14-24(20-40)37-31(43)30-29-28-26(16-17-36-32(28)47-30)41(33(44)38-29)25-15-9-13-23(19-25)22-11-7-6-8-12-22/h6-9,11-13,15-17,19,24H,5,10,14,18,20-21H2,1-4H3,(H,37,43)(H,38,44)/t24-/m1/s1. The van der Waals surface area contributed by atoms with E-state index in [0.29, 0.717) is 64.6 Å². The molecule has 5 amide bonds. The molecular formula is C35H38N6O5S. The molecule has 2 aromatic heterocycles. The van der Waals surface area contributed by atoms with Crippen LogP contribution in [0.2, 0.25) is 0 Å². The van der Waals surface area contributed by atoms with E-state index >= 15 is 0 Å². The van der Waals surface area contributed by atoms with Crippen molar-refractivity contribution in [2.75, 3.05) is 36.4 Å². The van der Waals surface area contributed by atoms with E-state index in [0.717, 1.165) is 11.1 Å². The molecule has 11 nitrogen and oxygen atoms in total. The van der Waals surface area contributed by atoms with Crippen LogP contribution in [0.5, 0.6) is 0 Å². The number of aromatic nitrogens is 1. The van der Waals surface area contributed by atoms with Gasteiger partial charge in [-0.15, -0.1) is 11.3 Å². The van der Waals surface area contributed by atoms with Crippen molar-refractivity contribution in [1.29, 1.82) is 0 Å². The summed E-state index contributed by atoms with van der Waals surface area (Å²) in [6.07, 6.45) is 2.51. The largest absolute Gasteiger partial charge is 0.444 e. The summed E-state index contributed by atoms with van der Waals surface area (Å²) < 4.78 is 5.45. The summed E-state index contributed by atoms with van der Waals surface area (Å²) in [6.45, 7) is 8.24. The number of carbonyl (C=O) groups is 4. The maximum absolute atomic E-state index is 13.7. The first-order valence-corrected chi connectivity index (χ1v) is 16.6. The van der Waals surface area contributed by atoms with Crippen LogP contribution in [0.15, 0.2) is 66.9 Å². The van der Waals surface area contributed by atoms with Crippen molar-refractivity contribution in [3.63, 3.8) is 0 Å². The minimum atomic E-state index is -0.665. The Morgan fingerprint density at radius 1 is 1.09 bits per heavy atom. The van der Waals surface area contributed by atoms with E-state index in [1.54, 1.807) is 49.8 Å². The second-order valence-electron chi connectivity index (χ2n) is 12.6. The van der Waals surface area contributed by atoms with Gasteiger partial charge >= 0.3 is 12.1 Å². The summed E-state index contributed by atoms with van der Waals surface area (Å²) in [5, 5.41) is 6.75. The number of urea groups is 1. The van der Waals surface area contributed by atoms with Crippen molar-refractivity contribution in [3.8, 4) is 11.1 Å². The lowest BCUT2D eigenvalue weighted by molar-refractivity contribution is -0.133. The lowest BCUT2D eigenvalue weighted by atomic mass is 10.0. The molecule has 0 saturated carbocycles. The van der Waals surface area contributed by atoms with Gasteiger partial charge in [0, 0.05) is 31.9 Å². The molecule has 12 heteroatoms. The zero-order chi connectivity index (χ0) is 33.3. The Balaban J connectivity index is 1.19. The van der Waals surface area contributed by atoms with E-state index in [1.807, 2.05) is 54.6 Å². The predicted octanol–water partition coefficient (Wildman–Crippen LogP) is 6.62. The Kier molecular flexibility index (Phi) is 8.87. The number of thiophene rings is 1. The van der Waals surface area contributed by atoms with Crippen LogP contribution in [-0.2, 0) is 9.53 Å². The molecule has 244 valence electrons. The Morgan fingerprint density at radius 2 is 1.85 bits per heavy atom. The number of likely N-dealkylation sites (tertiary alicyclic amines) is 1. The van der Waals surface area contributed by atoms with Crippen LogP contribution in [-0.4, -0.2) is 76.5 Å². The molecule has 1 atom stereocenters. The highest BCUT2D eigenvalue weighted by Gasteiger charge is 2.34. The molecule has 0 radical (unpaired) electrons. The fraction of sp³-hybridized carbons (Fsp3) is 0.343. The monoisotopic (exact) mass is 654 g/mol. The van der Waals surface area contributed by atoms with Crippen molar-refractivity contribution in [2.24, 2.45) is 0 Å². The average Bonchev–Trinajstić information content (AvgIpc) is 3.42. The van der Waals surface area contributed by atoms with Gasteiger partial charge in [-0.25, -0.2) is 14.6 Å². The molecule has 47 heavy (non-hydrogen) atoms. The first kappa shape index (κ1) is 32.0. The van der Waals surface area contributed by atoms with Gasteiger partial charge in [0.2, 0.25) is 5.91 Å². The van der Waals surface area contributed by atoms with Crippen LogP contribution in [0.4, 0.5) is 26.7 Å². The molecule has 1 fully saturated rings. The summed E-state index contributed by atoms with van der Waals surface area (Å²) in [5.41, 5.74) is 3.13. The zero-order valence-electron chi connectivity index (χ0n) is 26.9. The molecule has 0 aliphatic carbocycles. The second-order valence-corrected chi connectivity index (χ2v) is 13.6. The number of piperidine rings is 1. The molecule has 2 N–H and O–H groups in total. The van der Waals surface area contributed by atoms with Crippen molar-refractivity contribution >= 4 is 62.6 Å². The molecule has 2 aliphatic heterocycles. The summed E-state index contributed by atoms with van der Waals surface area (Å²) in [4.78, 5) is 63.3. The summed E-state index contributed by atoms with van der Waals surface area (Å²) in [5.74, 6) is -0.539. The Morgan fingerprint density at radius 3 is 2.60 bits per heavy atom. The highest BCUT2D eigenvalue weighted by molar-refractivity contribution is 7.21. The fourth-order valence-electron chi connectivity index (χ4n) is 5.92. The molecule has 2 aromatic carbocycles. The van der Waals surface area contributed by atoms with Gasteiger partial charge in [-0.3, -0.25) is 19.4 Å². The lowest BCUT2D eigenvalue weighted by Gasteiger charge is -2.35. The molecule has 0 bridgehead atoms. The predicted molar refractivity (Wildman–Crippen MR) is 183 cm³/mol. The van der Waals surface area contributed by atoms with Gasteiger partial charge in [0.15, 0.2) is 0 Å². The summed E-state index contributed by atoms with van der Waals surface area (Å²) >= 11 is 1.22. The van der Waals surface area contributed by atoms with Crippen LogP contribution in [0, 0.1) is 0 Å². The molecule has 2 aliphatic rings. The third-order valence-electron chi connectivity index (χ3n) is 8.13. The number of rotatable bonds is 7. The number of likely N-dealkylation sites (N-methyl/N-ethyl adjacent to an activating group) is 1. The number of anilines is 3. The van der Waals surface area contributed by atoms with Gasteiger partial charge in [-0.1, -0.05) is 42.5 Å². The smallest absolute Gasteiger partial charge is 0.410 e. The molecule has 6 rings (SSSR count). The van der Waals surface area contributed by atoms with E-state index < -0.39 is 11.7 Å². The average molecular weight is 655 g/mol. The molecule has 4 heterocycles. The molecule has 0 spiro atoms. The normalized spacial score (nSPS) is 16.1. The van der Waals surface area contributed by atoms with Crippen LogP contribution in [0.25, 0.3) is 21.3 Å². The summed E-state index contributed by atoms with van der Waals surface area (Å²) in [7, 11) is 0. The number of ether oxygens (including phenoxy) is 1. The van der Waals surface area contributed by atoms with Gasteiger partial charge in [-0.05, 0) is 69.9 Å². The van der Waals surface area contributed by atoms with Crippen molar-refractivity contribution in [1.82, 2.24) is 20.1 Å². The second kappa shape index (κ2) is 13.0. The number of pyridine rings is 1. The maximum atomic E-state index is 13.7. The Hall–Kier alpha value is -4.97. The quantitative estimate of drug-likeness (QED) is 0.231. The topological polar surface area (TPSA) is 124 Å². The van der Waals surface area contributed by atoms with Crippen molar-refractivity contribution in [2.45, 2.75) is 52.2 Å². The van der Waals surface area contributed by atoms with Crippen LogP contribution in [0.3, 0.4) is 0 Å². The lowest BCUT2D eigenvalue weighted by Crippen LogP contribution is -2.52. The maximum Gasteiger partial charge on any atom is 0.410 e. The van der Waals surface area contributed by atoms with Crippen LogP contribution < -0.4 is 15.5 Å². The fourth-order valence-corrected chi connectivity index (χ4v) is 6.95. The van der Waals surface area contributed by atoms with Gasteiger partial charge in [0.05, 0.1) is 22.4 Å². The first-order chi connectivity index (χ1) is 22.5. The first-order valence-electron chi connectivity index (χ1n) is 15.8. The molecule has 0 unspecified atom stereocenters. The van der Waals surface area contributed by atoms with Gasteiger partial charge in [0.25, 0.3) is 5.91 Å². The van der Waals surface area contributed by atoms with Crippen LogP contribution in [0.1, 0.15) is 50.2 Å². The van der Waals surface area contributed by atoms with Gasteiger partial charge in [0.1, 0.15) is 21.9 Å². The van der Waals surface area contributed by atoms with E-state index in [-0.39, 0.29) is 30.4 Å². The van der Waals surface area contributed by atoms with E-state index in [2.05, 4.69) is 15.6 Å². The van der Waals surface area contributed by atoms with E-state index in [9.17, 15) is 19.2 Å². The van der Waals surface area contributed by atoms with Crippen molar-refractivity contribution < 1.29 is 23.9 Å². The van der Waals surface area contributed by atoms with E-state index in [1.165, 1.54) is 16.2 Å². The Labute approximate surface area is 277 Å². The molecule has 1 saturated heterocycles. The SMILES string of the molecule is CCN(CC(=O)N1CCC[C@@H](NC(=O)c2sc3nccc4c3c2NC(=O)N4c2cccc(-c3ccccc3)c2)C1)C(=O)OC(C)(C)C. The third kappa shape index (κ3) is 6.78. The number of hydrogen-bond acceptors (Lipinski definition) is 7. The number of carbonyl (C=O) groups excluding carboxylic acids is 4. The van der Waals surface area contributed by atoms with Crippen molar-refractivity contribution in [3.05, 3.63) is 71.7 Å². The number of hydrogen-bond donors (Lipinski definition) is 2. The Bertz CT molecular complexity index is 1840.